The minimum atomic E-state index is -3.73. The number of hydrogen-bond donors (Lipinski definition) is 2. The standard InChI is InChI=1S/C20H27F3N4O5S/c1-2-33(30,31)26-14-6-15(17(22)23)27(19(28)29)16(14)10-32-13-3-4-20(7-11(20)5-13)18-24-8-12(21)9-25-18/h8-9,11,13-17,26H,2-7,10H2,1H3,(H,28,29)/t11?,13?,14-,15-,16-,20?/m0/s1. The second-order valence-electron chi connectivity index (χ2n) is 9.03. The second kappa shape index (κ2) is 8.99. The van der Waals surface area contributed by atoms with Crippen LogP contribution in [0, 0.1) is 11.7 Å². The maximum absolute atomic E-state index is 13.5. The van der Waals surface area contributed by atoms with E-state index in [0.29, 0.717) is 30.0 Å². The molecule has 4 rings (SSSR count). The van der Waals surface area contributed by atoms with Gasteiger partial charge < -0.3 is 9.84 Å². The smallest absolute Gasteiger partial charge is 0.408 e. The number of hydrogen-bond acceptors (Lipinski definition) is 6. The van der Waals surface area contributed by atoms with Gasteiger partial charge in [-0.15, -0.1) is 0 Å². The summed E-state index contributed by atoms with van der Waals surface area (Å²) < 4.78 is 72.7. The third-order valence-corrected chi connectivity index (χ3v) is 8.58. The van der Waals surface area contributed by atoms with Gasteiger partial charge in [-0.25, -0.2) is 41.1 Å². The molecule has 0 aromatic carbocycles. The molecule has 1 amide bonds. The fourth-order valence-electron chi connectivity index (χ4n) is 5.31. The first-order chi connectivity index (χ1) is 15.6. The summed E-state index contributed by atoms with van der Waals surface area (Å²) in [6, 6.07) is -3.67. The predicted octanol–water partition coefficient (Wildman–Crippen LogP) is 2.14. The van der Waals surface area contributed by atoms with E-state index in [0.717, 1.165) is 18.8 Å². The molecule has 0 spiro atoms. The fourth-order valence-corrected chi connectivity index (χ4v) is 6.19. The predicted molar refractivity (Wildman–Crippen MR) is 110 cm³/mol. The molecule has 13 heteroatoms. The van der Waals surface area contributed by atoms with Crippen molar-refractivity contribution in [2.45, 2.75) is 75.1 Å². The molecule has 33 heavy (non-hydrogen) atoms. The van der Waals surface area contributed by atoms with Gasteiger partial charge in [0, 0.05) is 11.5 Å². The van der Waals surface area contributed by atoms with Gasteiger partial charge in [-0.1, -0.05) is 0 Å². The topological polar surface area (TPSA) is 122 Å². The average Bonchev–Trinajstić information content (AvgIpc) is 3.39. The highest BCUT2D eigenvalue weighted by Crippen LogP contribution is 2.61. The zero-order valence-corrected chi connectivity index (χ0v) is 18.8. The van der Waals surface area contributed by atoms with Crippen LogP contribution in [-0.2, 0) is 20.2 Å². The van der Waals surface area contributed by atoms with E-state index in [4.69, 9.17) is 4.74 Å². The molecule has 3 unspecified atom stereocenters. The molecule has 1 aromatic heterocycles. The minimum Gasteiger partial charge on any atom is -0.465 e. The van der Waals surface area contributed by atoms with E-state index >= 15 is 0 Å². The Balaban J connectivity index is 1.42. The molecule has 2 heterocycles. The Bertz CT molecular complexity index is 982. The number of ether oxygens (including phenoxy) is 1. The molecule has 3 fully saturated rings. The van der Waals surface area contributed by atoms with Gasteiger partial charge in [-0.05, 0) is 44.9 Å². The molecular formula is C20H27F3N4O5S. The van der Waals surface area contributed by atoms with Crippen molar-refractivity contribution in [2.24, 2.45) is 5.92 Å². The molecule has 184 valence electrons. The van der Waals surface area contributed by atoms with Crippen molar-refractivity contribution in [2.75, 3.05) is 12.4 Å². The first kappa shape index (κ1) is 24.1. The second-order valence-corrected chi connectivity index (χ2v) is 11.1. The third kappa shape index (κ3) is 4.80. The molecule has 0 radical (unpaired) electrons. The number of alkyl halides is 2. The number of sulfonamides is 1. The maximum Gasteiger partial charge on any atom is 0.408 e. The van der Waals surface area contributed by atoms with Gasteiger partial charge >= 0.3 is 6.09 Å². The van der Waals surface area contributed by atoms with Crippen LogP contribution in [-0.4, -0.2) is 77.5 Å². The normalized spacial score (nSPS) is 33.8. The first-order valence-electron chi connectivity index (χ1n) is 11.0. The van der Waals surface area contributed by atoms with Crippen LogP contribution in [0.5, 0.6) is 0 Å². The quantitative estimate of drug-likeness (QED) is 0.570. The fraction of sp³-hybridized carbons (Fsp3) is 0.750. The van der Waals surface area contributed by atoms with Crippen LogP contribution in [0.3, 0.4) is 0 Å². The van der Waals surface area contributed by atoms with Crippen LogP contribution in [0.15, 0.2) is 12.4 Å². The van der Waals surface area contributed by atoms with Crippen LogP contribution >= 0.6 is 0 Å². The molecule has 9 nitrogen and oxygen atoms in total. The highest BCUT2D eigenvalue weighted by molar-refractivity contribution is 7.89. The van der Waals surface area contributed by atoms with E-state index in [1.54, 1.807) is 0 Å². The molecule has 2 N–H and O–H groups in total. The number of nitrogens with one attached hydrogen (secondary N) is 1. The number of nitrogens with zero attached hydrogens (tertiary/aromatic N) is 3. The lowest BCUT2D eigenvalue weighted by Crippen LogP contribution is -2.51. The van der Waals surface area contributed by atoms with Gasteiger partial charge in [0.1, 0.15) is 5.82 Å². The molecule has 1 aliphatic heterocycles. The van der Waals surface area contributed by atoms with Crippen molar-refractivity contribution in [1.29, 1.82) is 0 Å². The molecule has 1 aromatic rings. The summed E-state index contributed by atoms with van der Waals surface area (Å²) in [4.78, 5) is 20.6. The van der Waals surface area contributed by atoms with Crippen LogP contribution < -0.4 is 4.72 Å². The van der Waals surface area contributed by atoms with Crippen LogP contribution in [0.2, 0.25) is 0 Å². The molecular weight excluding hydrogens is 465 g/mol. The zero-order valence-electron chi connectivity index (χ0n) is 18.0. The number of likely N-dealkylation sites (tertiary alicyclic amines) is 1. The summed E-state index contributed by atoms with van der Waals surface area (Å²) in [5, 5.41) is 9.56. The highest BCUT2D eigenvalue weighted by atomic mass is 32.2. The molecule has 0 bridgehead atoms. The number of halogens is 3. The number of rotatable bonds is 8. The summed E-state index contributed by atoms with van der Waals surface area (Å²) in [5.41, 5.74) is -0.200. The number of carbonyl (C=O) groups is 1. The van der Waals surface area contributed by atoms with Crippen molar-refractivity contribution in [3.63, 3.8) is 0 Å². The summed E-state index contributed by atoms with van der Waals surface area (Å²) in [6.45, 7) is 1.22. The Kier molecular flexibility index (Phi) is 6.58. The van der Waals surface area contributed by atoms with E-state index in [-0.39, 0.29) is 36.2 Å². The van der Waals surface area contributed by atoms with Gasteiger partial charge in [0.05, 0.1) is 42.9 Å². The van der Waals surface area contributed by atoms with E-state index in [1.165, 1.54) is 6.92 Å². The van der Waals surface area contributed by atoms with Crippen molar-refractivity contribution in [3.8, 4) is 0 Å². The molecule has 2 saturated carbocycles. The highest BCUT2D eigenvalue weighted by Gasteiger charge is 2.60. The van der Waals surface area contributed by atoms with Gasteiger partial charge in [0.15, 0.2) is 5.82 Å². The Morgan fingerprint density at radius 1 is 1.36 bits per heavy atom. The molecule has 6 atom stereocenters. The minimum absolute atomic E-state index is 0.191. The Hall–Kier alpha value is -1.99. The molecule has 2 aliphatic carbocycles. The maximum atomic E-state index is 13.5. The lowest BCUT2D eigenvalue weighted by atomic mass is 9.86. The van der Waals surface area contributed by atoms with Gasteiger partial charge in [-0.3, -0.25) is 4.90 Å². The van der Waals surface area contributed by atoms with Gasteiger partial charge in [-0.2, -0.15) is 0 Å². The van der Waals surface area contributed by atoms with Gasteiger partial charge in [0.25, 0.3) is 6.43 Å². The van der Waals surface area contributed by atoms with E-state index in [1.807, 2.05) is 0 Å². The Labute approximate surface area is 189 Å². The van der Waals surface area contributed by atoms with Crippen LogP contribution in [0.4, 0.5) is 18.0 Å². The largest absolute Gasteiger partial charge is 0.465 e. The van der Waals surface area contributed by atoms with Crippen LogP contribution in [0.1, 0.15) is 44.9 Å². The first-order valence-corrected chi connectivity index (χ1v) is 12.6. The third-order valence-electron chi connectivity index (χ3n) is 7.16. The average molecular weight is 493 g/mol. The van der Waals surface area contributed by atoms with Crippen LogP contribution in [0.25, 0.3) is 0 Å². The van der Waals surface area contributed by atoms with Crippen molar-refractivity contribution < 1.29 is 36.2 Å². The molecule has 3 aliphatic rings. The van der Waals surface area contributed by atoms with Crippen molar-refractivity contribution in [3.05, 3.63) is 24.0 Å². The lowest BCUT2D eigenvalue weighted by Gasteiger charge is -2.32. The van der Waals surface area contributed by atoms with Crippen molar-refractivity contribution >= 4 is 16.1 Å². The summed E-state index contributed by atoms with van der Waals surface area (Å²) in [6.07, 6.45) is 0.0975. The summed E-state index contributed by atoms with van der Waals surface area (Å²) >= 11 is 0. The Morgan fingerprint density at radius 3 is 2.64 bits per heavy atom. The van der Waals surface area contributed by atoms with E-state index in [9.17, 15) is 31.5 Å². The summed E-state index contributed by atoms with van der Waals surface area (Å²) in [7, 11) is -3.73. The van der Waals surface area contributed by atoms with E-state index in [2.05, 4.69) is 14.7 Å². The monoisotopic (exact) mass is 492 g/mol. The number of fused-ring (bicyclic) bond motifs is 1. The molecule has 1 saturated heterocycles. The number of carboxylic acid groups (broad SMARTS) is 1. The van der Waals surface area contributed by atoms with Gasteiger partial charge in [0.2, 0.25) is 10.0 Å². The number of amides is 1. The lowest BCUT2D eigenvalue weighted by molar-refractivity contribution is -0.0216. The Morgan fingerprint density at radius 2 is 2.06 bits per heavy atom. The summed E-state index contributed by atoms with van der Waals surface area (Å²) in [5.74, 6) is 0.0961. The number of aromatic nitrogens is 2. The van der Waals surface area contributed by atoms with E-state index < -0.39 is 46.5 Å². The SMILES string of the molecule is CCS(=O)(=O)N[C@H]1C[C@@H](C(F)F)N(C(=O)O)[C@H]1COC1CCC2(c3ncc(F)cn3)CC2C1. The zero-order chi connectivity index (χ0) is 24.0. The van der Waals surface area contributed by atoms with Crippen molar-refractivity contribution in [1.82, 2.24) is 19.6 Å².